The van der Waals surface area contributed by atoms with Crippen molar-refractivity contribution in [3.8, 4) is 0 Å². The van der Waals surface area contributed by atoms with Gasteiger partial charge in [-0.15, -0.1) is 0 Å². The quantitative estimate of drug-likeness (QED) is 0.364. The molecule has 0 heterocycles. The summed E-state index contributed by atoms with van der Waals surface area (Å²) in [4.78, 5) is 20.2. The van der Waals surface area contributed by atoms with Gasteiger partial charge >= 0.3 is 0 Å². The smallest absolute Gasteiger partial charge is 0.223 e. The molecule has 0 radical (unpaired) electrons. The van der Waals surface area contributed by atoms with Gasteiger partial charge < -0.3 is 0 Å². The largest absolute Gasteiger partial charge is 0.281 e. The van der Waals surface area contributed by atoms with E-state index in [0.29, 0.717) is 6.42 Å². The highest BCUT2D eigenvalue weighted by molar-refractivity contribution is 7.97. The summed E-state index contributed by atoms with van der Waals surface area (Å²) in [5.41, 5.74) is 0.140. The second-order valence-electron chi connectivity index (χ2n) is 1.64. The minimum absolute atomic E-state index is 0.140. The van der Waals surface area contributed by atoms with Crippen LogP contribution in [0.1, 0.15) is 19.8 Å². The van der Waals surface area contributed by atoms with Crippen molar-refractivity contribution in [3.63, 3.8) is 0 Å². The SMILES string of the molecule is CCCC(=C=O)C(=O)S. The van der Waals surface area contributed by atoms with Crippen LogP contribution in [0.5, 0.6) is 0 Å². The summed E-state index contributed by atoms with van der Waals surface area (Å²) in [5, 5.41) is -0.466. The summed E-state index contributed by atoms with van der Waals surface area (Å²) in [6.07, 6.45) is 1.25. The molecule has 0 rings (SSSR count). The molecular formula is C6H8O2S. The molecule has 0 atom stereocenters. The van der Waals surface area contributed by atoms with E-state index in [0.717, 1.165) is 6.42 Å². The molecule has 0 N–H and O–H groups in total. The van der Waals surface area contributed by atoms with Gasteiger partial charge in [-0.25, -0.2) is 4.79 Å². The van der Waals surface area contributed by atoms with Crippen molar-refractivity contribution in [2.75, 3.05) is 0 Å². The van der Waals surface area contributed by atoms with Crippen molar-refractivity contribution >= 4 is 23.7 Å². The average molecular weight is 144 g/mol. The fourth-order valence-corrected chi connectivity index (χ4v) is 0.609. The lowest BCUT2D eigenvalue weighted by atomic mass is 10.2. The van der Waals surface area contributed by atoms with E-state index >= 15 is 0 Å². The predicted octanol–water partition coefficient (Wildman–Crippen LogP) is 1.00. The lowest BCUT2D eigenvalue weighted by Crippen LogP contribution is -1.93. The zero-order valence-corrected chi connectivity index (χ0v) is 6.07. The van der Waals surface area contributed by atoms with Gasteiger partial charge in [-0.1, -0.05) is 26.0 Å². The Bertz CT molecular complexity index is 156. The molecule has 50 valence electrons. The third kappa shape index (κ3) is 3.12. The van der Waals surface area contributed by atoms with E-state index < -0.39 is 5.12 Å². The van der Waals surface area contributed by atoms with Crippen LogP contribution >= 0.6 is 12.6 Å². The van der Waals surface area contributed by atoms with Crippen molar-refractivity contribution in [1.82, 2.24) is 0 Å². The number of hydrogen-bond donors (Lipinski definition) is 1. The maximum absolute atomic E-state index is 10.3. The van der Waals surface area contributed by atoms with E-state index in [1.807, 2.05) is 6.92 Å². The molecule has 0 saturated heterocycles. The molecule has 0 unspecified atom stereocenters. The van der Waals surface area contributed by atoms with Crippen LogP contribution in [0, 0.1) is 0 Å². The molecule has 0 amide bonds. The number of thiol groups is 1. The highest BCUT2D eigenvalue weighted by Crippen LogP contribution is 2.03. The first-order valence-corrected chi connectivity index (χ1v) is 3.14. The molecule has 3 heteroatoms. The van der Waals surface area contributed by atoms with E-state index in [2.05, 4.69) is 12.6 Å². The van der Waals surface area contributed by atoms with Gasteiger partial charge in [0.2, 0.25) is 5.12 Å². The Morgan fingerprint density at radius 2 is 2.22 bits per heavy atom. The van der Waals surface area contributed by atoms with Crippen LogP contribution in [0.4, 0.5) is 0 Å². The normalized spacial score (nSPS) is 8.22. The number of hydrogen-bond acceptors (Lipinski definition) is 2. The van der Waals surface area contributed by atoms with Crippen LogP contribution in [0.2, 0.25) is 0 Å². The highest BCUT2D eigenvalue weighted by atomic mass is 32.1. The molecule has 0 saturated carbocycles. The zero-order chi connectivity index (χ0) is 7.28. The van der Waals surface area contributed by atoms with Gasteiger partial charge in [0.15, 0.2) is 0 Å². The third-order valence-electron chi connectivity index (χ3n) is 0.881. The van der Waals surface area contributed by atoms with E-state index in [4.69, 9.17) is 0 Å². The molecule has 9 heavy (non-hydrogen) atoms. The standard InChI is InChI=1S/C6H8O2S/c1-2-3-5(4-7)6(8)9/h2-3H2,1H3,(H,8,9). The number of carbonyl (C=O) groups excluding carboxylic acids is 2. The summed E-state index contributed by atoms with van der Waals surface area (Å²) in [6, 6.07) is 0. The maximum atomic E-state index is 10.3. The molecular weight excluding hydrogens is 136 g/mol. The Hall–Kier alpha value is -0.530. The van der Waals surface area contributed by atoms with Crippen LogP contribution < -0.4 is 0 Å². The molecule has 0 aromatic rings. The van der Waals surface area contributed by atoms with E-state index in [9.17, 15) is 9.59 Å². The second kappa shape index (κ2) is 4.36. The topological polar surface area (TPSA) is 34.1 Å². The van der Waals surface area contributed by atoms with Gasteiger partial charge in [0, 0.05) is 0 Å². The molecule has 0 spiro atoms. The monoisotopic (exact) mass is 144 g/mol. The van der Waals surface area contributed by atoms with Crippen molar-refractivity contribution in [3.05, 3.63) is 5.57 Å². The Morgan fingerprint density at radius 1 is 1.67 bits per heavy atom. The Balaban J connectivity index is 4.02. The van der Waals surface area contributed by atoms with Crippen molar-refractivity contribution < 1.29 is 9.59 Å². The fraction of sp³-hybridized carbons (Fsp3) is 0.500. The van der Waals surface area contributed by atoms with Crippen LogP contribution in [0.3, 0.4) is 0 Å². The minimum Gasteiger partial charge on any atom is -0.281 e. The van der Waals surface area contributed by atoms with E-state index in [-0.39, 0.29) is 5.57 Å². The molecule has 0 aliphatic rings. The molecule has 0 aromatic heterocycles. The third-order valence-corrected chi connectivity index (χ3v) is 1.15. The Morgan fingerprint density at radius 3 is 2.33 bits per heavy atom. The highest BCUT2D eigenvalue weighted by Gasteiger charge is 2.02. The minimum atomic E-state index is -0.466. The van der Waals surface area contributed by atoms with Crippen LogP contribution in [-0.4, -0.2) is 11.1 Å². The van der Waals surface area contributed by atoms with Gasteiger partial charge in [0.05, 0.1) is 5.57 Å². The first-order chi connectivity index (χ1) is 4.22. The first-order valence-electron chi connectivity index (χ1n) is 2.69. The van der Waals surface area contributed by atoms with Crippen LogP contribution in [-0.2, 0) is 9.59 Å². The molecule has 2 nitrogen and oxygen atoms in total. The molecule has 0 aliphatic carbocycles. The maximum Gasteiger partial charge on any atom is 0.223 e. The summed E-state index contributed by atoms with van der Waals surface area (Å²) >= 11 is 3.47. The number of carbonyl (C=O) groups is 1. The van der Waals surface area contributed by atoms with E-state index in [1.54, 1.807) is 5.94 Å². The van der Waals surface area contributed by atoms with Crippen LogP contribution in [0.15, 0.2) is 5.57 Å². The molecule has 0 fully saturated rings. The van der Waals surface area contributed by atoms with Gasteiger partial charge in [0.25, 0.3) is 0 Å². The Kier molecular flexibility index (Phi) is 4.10. The summed E-state index contributed by atoms with van der Waals surface area (Å²) in [5.74, 6) is 1.54. The lowest BCUT2D eigenvalue weighted by molar-refractivity contribution is -0.107. The lowest BCUT2D eigenvalue weighted by Gasteiger charge is -1.90. The molecule has 0 aromatic carbocycles. The van der Waals surface area contributed by atoms with Gasteiger partial charge in [-0.3, -0.25) is 4.79 Å². The zero-order valence-electron chi connectivity index (χ0n) is 5.18. The van der Waals surface area contributed by atoms with Crippen molar-refractivity contribution in [1.29, 1.82) is 0 Å². The van der Waals surface area contributed by atoms with Crippen molar-refractivity contribution in [2.45, 2.75) is 19.8 Å². The van der Waals surface area contributed by atoms with E-state index in [1.165, 1.54) is 0 Å². The Labute approximate surface area is 59.4 Å². The van der Waals surface area contributed by atoms with Gasteiger partial charge in [0.1, 0.15) is 5.94 Å². The van der Waals surface area contributed by atoms with Gasteiger partial charge in [-0.2, -0.15) is 0 Å². The molecule has 0 aliphatic heterocycles. The summed E-state index contributed by atoms with van der Waals surface area (Å²) in [7, 11) is 0. The summed E-state index contributed by atoms with van der Waals surface area (Å²) in [6.45, 7) is 1.88. The second-order valence-corrected chi connectivity index (χ2v) is 2.04. The molecule has 0 bridgehead atoms. The fourth-order valence-electron chi connectivity index (χ4n) is 0.452. The van der Waals surface area contributed by atoms with Crippen LogP contribution in [0.25, 0.3) is 0 Å². The van der Waals surface area contributed by atoms with Crippen molar-refractivity contribution in [2.24, 2.45) is 0 Å². The summed E-state index contributed by atoms with van der Waals surface area (Å²) < 4.78 is 0. The average Bonchev–Trinajstić information content (AvgIpc) is 1.82. The predicted molar refractivity (Wildman–Crippen MR) is 38.1 cm³/mol. The van der Waals surface area contributed by atoms with Gasteiger partial charge in [-0.05, 0) is 6.42 Å². The number of rotatable bonds is 3. The first kappa shape index (κ1) is 8.47.